The van der Waals surface area contributed by atoms with E-state index >= 15 is 0 Å². The number of methoxy groups -OCH3 is 2. The maximum Gasteiger partial charge on any atom is 0.340 e. The van der Waals surface area contributed by atoms with Crippen LogP contribution in [0.4, 0.5) is 11.4 Å². The molecule has 9 nitrogen and oxygen atoms in total. The highest BCUT2D eigenvalue weighted by Gasteiger charge is 2.28. The first-order valence-corrected chi connectivity index (χ1v) is 12.5. The summed E-state index contributed by atoms with van der Waals surface area (Å²) in [5.41, 5.74) is 3.65. The van der Waals surface area contributed by atoms with Crippen molar-refractivity contribution in [3.8, 4) is 11.5 Å². The second-order valence-electron chi connectivity index (χ2n) is 9.29. The lowest BCUT2D eigenvalue weighted by Gasteiger charge is -2.40. The summed E-state index contributed by atoms with van der Waals surface area (Å²) in [5, 5.41) is 3.68. The summed E-state index contributed by atoms with van der Waals surface area (Å²) in [7, 11) is 5.10. The summed E-state index contributed by atoms with van der Waals surface area (Å²) in [6.07, 6.45) is 0. The van der Waals surface area contributed by atoms with Gasteiger partial charge in [0.25, 0.3) is 0 Å². The van der Waals surface area contributed by atoms with Gasteiger partial charge in [-0.15, -0.1) is 0 Å². The summed E-state index contributed by atoms with van der Waals surface area (Å²) in [6, 6.07) is 11.9. The lowest BCUT2D eigenvalue weighted by atomic mass is 10.1. The molecule has 37 heavy (non-hydrogen) atoms. The highest BCUT2D eigenvalue weighted by Crippen LogP contribution is 2.38. The van der Waals surface area contributed by atoms with Crippen LogP contribution in [-0.2, 0) is 16.6 Å². The Morgan fingerprint density at radius 3 is 2.41 bits per heavy atom. The van der Waals surface area contributed by atoms with E-state index in [9.17, 15) is 9.59 Å². The van der Waals surface area contributed by atoms with Crippen LogP contribution in [0, 0.1) is 6.92 Å². The van der Waals surface area contributed by atoms with Crippen molar-refractivity contribution in [2.45, 2.75) is 26.8 Å². The highest BCUT2D eigenvalue weighted by molar-refractivity contribution is 6.14. The second-order valence-corrected chi connectivity index (χ2v) is 9.29. The van der Waals surface area contributed by atoms with Crippen LogP contribution >= 0.6 is 0 Å². The van der Waals surface area contributed by atoms with Crippen LogP contribution < -0.4 is 19.7 Å². The molecule has 4 rings (SSSR count). The van der Waals surface area contributed by atoms with E-state index in [2.05, 4.69) is 34.2 Å². The fourth-order valence-corrected chi connectivity index (χ4v) is 5.00. The number of carbonyl (C=O) groups excluding carboxylic acids is 2. The standard InChI is InChI=1S/C28H36N4O5/c1-7-37-28(34)25-19(3)30(4)22-12-13-23(36-6)27(26(22)25)29-24(33)17-31-14-15-32(16-18(31)2)20-8-10-21(35-5)11-9-20/h8-13,18H,7,14-17H2,1-6H3,(H,29,33). The average molecular weight is 509 g/mol. The Balaban J connectivity index is 1.53. The van der Waals surface area contributed by atoms with Gasteiger partial charge in [-0.2, -0.15) is 0 Å². The minimum atomic E-state index is -0.419. The van der Waals surface area contributed by atoms with Crippen LogP contribution in [0.1, 0.15) is 29.9 Å². The topological polar surface area (TPSA) is 85.3 Å². The summed E-state index contributed by atoms with van der Waals surface area (Å²) >= 11 is 0. The number of nitrogens with zero attached hydrogens (tertiary/aromatic N) is 3. The molecule has 9 heteroatoms. The van der Waals surface area contributed by atoms with E-state index < -0.39 is 5.97 Å². The molecular formula is C28H36N4O5. The molecule has 0 radical (unpaired) electrons. The molecule has 2 aromatic carbocycles. The number of rotatable bonds is 8. The number of aryl methyl sites for hydroxylation is 1. The third-order valence-corrected chi connectivity index (χ3v) is 7.13. The summed E-state index contributed by atoms with van der Waals surface area (Å²) in [6.45, 7) is 8.64. The van der Waals surface area contributed by atoms with E-state index in [4.69, 9.17) is 14.2 Å². The maximum absolute atomic E-state index is 13.3. The van der Waals surface area contributed by atoms with Crippen molar-refractivity contribution in [1.29, 1.82) is 0 Å². The molecule has 2 heterocycles. The lowest BCUT2D eigenvalue weighted by molar-refractivity contribution is -0.117. The van der Waals surface area contributed by atoms with Gasteiger partial charge < -0.3 is 29.0 Å². The Labute approximate surface area is 217 Å². The van der Waals surface area contributed by atoms with Gasteiger partial charge in [0.2, 0.25) is 5.91 Å². The van der Waals surface area contributed by atoms with Crippen LogP contribution in [0.3, 0.4) is 0 Å². The molecule has 0 spiro atoms. The Bertz CT molecular complexity index is 1280. The third-order valence-electron chi connectivity index (χ3n) is 7.13. The van der Waals surface area contributed by atoms with Crippen molar-refractivity contribution in [3.05, 3.63) is 47.7 Å². The van der Waals surface area contributed by atoms with Gasteiger partial charge in [-0.1, -0.05) is 0 Å². The maximum atomic E-state index is 13.3. The molecule has 1 aliphatic heterocycles. The monoisotopic (exact) mass is 508 g/mol. The van der Waals surface area contributed by atoms with Crippen LogP contribution in [0.2, 0.25) is 0 Å². The smallest absolute Gasteiger partial charge is 0.340 e. The van der Waals surface area contributed by atoms with Crippen LogP contribution in [0.5, 0.6) is 11.5 Å². The molecule has 1 amide bonds. The average Bonchev–Trinajstić information content (AvgIpc) is 3.15. The second kappa shape index (κ2) is 11.1. The minimum Gasteiger partial charge on any atom is -0.497 e. The molecule has 0 bridgehead atoms. The summed E-state index contributed by atoms with van der Waals surface area (Å²) in [5.74, 6) is 0.746. The number of piperazine rings is 1. The molecule has 0 aliphatic carbocycles. The van der Waals surface area contributed by atoms with Gasteiger partial charge in [-0.05, 0) is 57.2 Å². The number of hydrogen-bond acceptors (Lipinski definition) is 7. The minimum absolute atomic E-state index is 0.160. The molecule has 3 aromatic rings. The van der Waals surface area contributed by atoms with E-state index in [0.717, 1.165) is 42.3 Å². The van der Waals surface area contributed by atoms with Crippen molar-refractivity contribution < 1.29 is 23.8 Å². The first kappa shape index (κ1) is 26.3. The molecule has 1 saturated heterocycles. The lowest BCUT2D eigenvalue weighted by Crippen LogP contribution is -2.53. The van der Waals surface area contributed by atoms with Crippen molar-refractivity contribution >= 4 is 34.2 Å². The Kier molecular flexibility index (Phi) is 7.92. The number of amides is 1. The summed E-state index contributed by atoms with van der Waals surface area (Å²) in [4.78, 5) is 30.7. The van der Waals surface area contributed by atoms with Crippen molar-refractivity contribution in [2.75, 3.05) is 57.2 Å². The molecule has 1 unspecified atom stereocenters. The number of aromatic nitrogens is 1. The van der Waals surface area contributed by atoms with Crippen LogP contribution in [0.15, 0.2) is 36.4 Å². The largest absolute Gasteiger partial charge is 0.497 e. The fraction of sp³-hybridized carbons (Fsp3) is 0.429. The zero-order valence-electron chi connectivity index (χ0n) is 22.5. The van der Waals surface area contributed by atoms with Crippen LogP contribution in [0.25, 0.3) is 10.9 Å². The van der Waals surface area contributed by atoms with Crippen molar-refractivity contribution in [1.82, 2.24) is 9.47 Å². The van der Waals surface area contributed by atoms with Gasteiger partial charge in [0.05, 0.1) is 44.1 Å². The first-order valence-electron chi connectivity index (χ1n) is 12.5. The van der Waals surface area contributed by atoms with Gasteiger partial charge >= 0.3 is 5.97 Å². The molecule has 198 valence electrons. The highest BCUT2D eigenvalue weighted by atomic mass is 16.5. The zero-order valence-corrected chi connectivity index (χ0v) is 22.5. The van der Waals surface area contributed by atoms with Gasteiger partial charge in [0, 0.05) is 49.5 Å². The van der Waals surface area contributed by atoms with E-state index in [1.807, 2.05) is 42.8 Å². The van der Waals surface area contributed by atoms with Gasteiger partial charge in [0.1, 0.15) is 11.5 Å². The normalized spacial score (nSPS) is 16.1. The Morgan fingerprint density at radius 1 is 1.05 bits per heavy atom. The number of anilines is 2. The quantitative estimate of drug-likeness (QED) is 0.463. The Morgan fingerprint density at radius 2 is 1.78 bits per heavy atom. The fourth-order valence-electron chi connectivity index (χ4n) is 5.00. The third kappa shape index (κ3) is 5.22. The van der Waals surface area contributed by atoms with Gasteiger partial charge in [-0.25, -0.2) is 4.79 Å². The van der Waals surface area contributed by atoms with Crippen LogP contribution in [-0.4, -0.2) is 74.4 Å². The molecule has 0 saturated carbocycles. The van der Waals surface area contributed by atoms with Gasteiger partial charge in [-0.3, -0.25) is 9.69 Å². The number of ether oxygens (including phenoxy) is 3. The molecule has 1 aromatic heterocycles. The number of esters is 1. The van der Waals surface area contributed by atoms with E-state index in [0.29, 0.717) is 22.4 Å². The molecule has 1 atom stereocenters. The number of benzene rings is 2. The molecular weight excluding hydrogens is 472 g/mol. The van der Waals surface area contributed by atoms with E-state index in [1.54, 1.807) is 21.1 Å². The predicted octanol–water partition coefficient (Wildman–Crippen LogP) is 3.83. The van der Waals surface area contributed by atoms with E-state index in [-0.39, 0.29) is 25.1 Å². The first-order chi connectivity index (χ1) is 17.8. The number of nitrogens with one attached hydrogen (secondary N) is 1. The SMILES string of the molecule is CCOC(=O)c1c(C)n(C)c2ccc(OC)c(NC(=O)CN3CCN(c4ccc(OC)cc4)CC3C)c12. The number of hydrogen-bond donors (Lipinski definition) is 1. The Hall–Kier alpha value is -3.72. The number of fused-ring (bicyclic) bond motifs is 1. The molecule has 1 fully saturated rings. The molecule has 1 N–H and O–H groups in total. The predicted molar refractivity (Wildman–Crippen MR) is 145 cm³/mol. The zero-order chi connectivity index (χ0) is 26.7. The number of carbonyl (C=O) groups is 2. The van der Waals surface area contributed by atoms with Gasteiger partial charge in [0.15, 0.2) is 0 Å². The summed E-state index contributed by atoms with van der Waals surface area (Å²) < 4.78 is 18.1. The molecule has 1 aliphatic rings. The van der Waals surface area contributed by atoms with Crippen molar-refractivity contribution in [3.63, 3.8) is 0 Å². The van der Waals surface area contributed by atoms with E-state index in [1.165, 1.54) is 0 Å². The van der Waals surface area contributed by atoms with Crippen molar-refractivity contribution in [2.24, 2.45) is 7.05 Å².